The summed E-state index contributed by atoms with van der Waals surface area (Å²) in [7, 11) is 0. The molecule has 6 rings (SSSR count). The van der Waals surface area contributed by atoms with Crippen LogP contribution in [-0.2, 0) is 0 Å². The van der Waals surface area contributed by atoms with Gasteiger partial charge in [0, 0.05) is 25.2 Å². The Balaban J connectivity index is 1.70. The predicted molar refractivity (Wildman–Crippen MR) is 143 cm³/mol. The van der Waals surface area contributed by atoms with Crippen molar-refractivity contribution in [1.29, 1.82) is 0 Å². The van der Waals surface area contributed by atoms with Gasteiger partial charge in [0.25, 0.3) is 0 Å². The summed E-state index contributed by atoms with van der Waals surface area (Å²) in [4.78, 5) is 24.9. The number of phenolic OH excluding ortho intramolecular Hbond substituents is 1. The zero-order valence-corrected chi connectivity index (χ0v) is 21.5. The lowest BCUT2D eigenvalue weighted by Gasteiger charge is -2.34. The minimum Gasteiger partial charge on any atom is -0.507 e. The Bertz CT molecular complexity index is 1600. The minimum absolute atomic E-state index is 0.0749. The summed E-state index contributed by atoms with van der Waals surface area (Å²) < 4.78 is 32.0. The van der Waals surface area contributed by atoms with Gasteiger partial charge in [0.1, 0.15) is 23.1 Å². The molecule has 2 N–H and O–H groups in total. The lowest BCUT2D eigenvalue weighted by Crippen LogP contribution is -2.52. The molecule has 2 unspecified atom stereocenters. The van der Waals surface area contributed by atoms with E-state index in [0.29, 0.717) is 30.0 Å². The zero-order valence-electron chi connectivity index (χ0n) is 21.5. The van der Waals surface area contributed by atoms with Crippen LogP contribution in [0.3, 0.4) is 0 Å². The van der Waals surface area contributed by atoms with Crippen molar-refractivity contribution < 1.29 is 13.9 Å². The fourth-order valence-corrected chi connectivity index (χ4v) is 5.89. The van der Waals surface area contributed by atoms with E-state index in [1.54, 1.807) is 0 Å². The Morgan fingerprint density at radius 1 is 1.03 bits per heavy atom. The first-order chi connectivity index (χ1) is 18.2. The first kappa shape index (κ1) is 24.5. The van der Waals surface area contributed by atoms with Gasteiger partial charge in [-0.1, -0.05) is 38.1 Å². The van der Waals surface area contributed by atoms with Gasteiger partial charge in [-0.05, 0) is 55.0 Å². The van der Waals surface area contributed by atoms with E-state index in [2.05, 4.69) is 15.3 Å². The third-order valence-electron chi connectivity index (χ3n) is 7.66. The van der Waals surface area contributed by atoms with E-state index in [1.165, 1.54) is 22.8 Å². The molecule has 9 heteroatoms. The van der Waals surface area contributed by atoms with E-state index in [9.17, 15) is 14.3 Å². The molecule has 2 bridgehead atoms. The number of nitrogens with zero attached hydrogens (tertiary/aromatic N) is 4. The number of aryl methyl sites for hydroxylation is 1. The van der Waals surface area contributed by atoms with Crippen LogP contribution in [0.4, 0.5) is 14.6 Å². The quantitative estimate of drug-likeness (QED) is 0.405. The van der Waals surface area contributed by atoms with Gasteiger partial charge in [-0.25, -0.2) is 23.1 Å². The average Bonchev–Trinajstić information content (AvgIpc) is 3.21. The van der Waals surface area contributed by atoms with Crippen molar-refractivity contribution in [2.24, 2.45) is 0 Å². The van der Waals surface area contributed by atoms with E-state index in [4.69, 9.17) is 0 Å². The third-order valence-corrected chi connectivity index (χ3v) is 7.66. The van der Waals surface area contributed by atoms with Crippen LogP contribution in [0.1, 0.15) is 43.7 Å². The van der Waals surface area contributed by atoms with E-state index in [0.717, 1.165) is 30.0 Å². The van der Waals surface area contributed by atoms with Crippen LogP contribution in [0.15, 0.2) is 47.3 Å². The Labute approximate surface area is 218 Å². The standard InChI is InChI=1S/C29H29F2N5O2/c1-15(2)19-7-4-6-16(3)26(19)36-28-20(12-22(31)25(33-28)24-21(30)8-5-9-23(24)37)27(34-29(36)38)35-13-17-10-11-18(14-35)32-17/h4-9,12,15,17-18,32,37H,10-11,13-14H2,1-3H3. The van der Waals surface area contributed by atoms with Gasteiger partial charge in [-0.15, -0.1) is 0 Å². The summed E-state index contributed by atoms with van der Waals surface area (Å²) >= 11 is 0. The number of aromatic nitrogens is 3. The Kier molecular flexibility index (Phi) is 5.90. The molecule has 4 heterocycles. The van der Waals surface area contributed by atoms with Gasteiger partial charge in [-0.2, -0.15) is 4.98 Å². The largest absolute Gasteiger partial charge is 0.507 e. The van der Waals surface area contributed by atoms with Crippen molar-refractivity contribution in [3.05, 3.63) is 75.7 Å². The summed E-state index contributed by atoms with van der Waals surface area (Å²) in [6.45, 7) is 7.23. The first-order valence-electron chi connectivity index (χ1n) is 12.9. The normalized spacial score (nSPS) is 19.1. The fourth-order valence-electron chi connectivity index (χ4n) is 5.89. The second kappa shape index (κ2) is 9.16. The van der Waals surface area contributed by atoms with Gasteiger partial charge in [0.05, 0.1) is 16.6 Å². The van der Waals surface area contributed by atoms with Crippen LogP contribution in [0.5, 0.6) is 5.75 Å². The summed E-state index contributed by atoms with van der Waals surface area (Å²) in [6.07, 6.45) is 2.06. The number of hydrogen-bond donors (Lipinski definition) is 2. The number of phenols is 1. The highest BCUT2D eigenvalue weighted by atomic mass is 19.1. The van der Waals surface area contributed by atoms with Crippen molar-refractivity contribution in [3.63, 3.8) is 0 Å². The van der Waals surface area contributed by atoms with Crippen LogP contribution >= 0.6 is 0 Å². The van der Waals surface area contributed by atoms with Crippen molar-refractivity contribution >= 4 is 16.9 Å². The number of para-hydroxylation sites is 1. The second-order valence-corrected chi connectivity index (χ2v) is 10.6. The monoisotopic (exact) mass is 517 g/mol. The van der Waals surface area contributed by atoms with E-state index >= 15 is 4.39 Å². The Hall–Kier alpha value is -3.85. The molecular weight excluding hydrogens is 488 g/mol. The molecule has 4 aromatic rings. The van der Waals surface area contributed by atoms with Gasteiger partial charge in [0.15, 0.2) is 11.5 Å². The molecule has 2 aromatic carbocycles. The van der Waals surface area contributed by atoms with E-state index < -0.39 is 23.1 Å². The summed E-state index contributed by atoms with van der Waals surface area (Å²) in [5.41, 5.74) is 1.27. The molecule has 0 radical (unpaired) electrons. The Morgan fingerprint density at radius 3 is 2.42 bits per heavy atom. The maximum atomic E-state index is 15.7. The Morgan fingerprint density at radius 2 is 1.74 bits per heavy atom. The molecule has 2 fully saturated rings. The minimum atomic E-state index is -0.809. The number of fused-ring (bicyclic) bond motifs is 3. The molecule has 0 saturated carbocycles. The highest BCUT2D eigenvalue weighted by molar-refractivity contribution is 5.91. The molecule has 2 aliphatic heterocycles. The van der Waals surface area contributed by atoms with Crippen molar-refractivity contribution in [2.45, 2.75) is 51.6 Å². The number of nitrogens with one attached hydrogen (secondary N) is 1. The molecule has 0 aliphatic carbocycles. The first-order valence-corrected chi connectivity index (χ1v) is 12.9. The molecule has 0 amide bonds. The lowest BCUT2D eigenvalue weighted by atomic mass is 9.98. The average molecular weight is 518 g/mol. The van der Waals surface area contributed by atoms with Crippen molar-refractivity contribution in [1.82, 2.24) is 19.9 Å². The van der Waals surface area contributed by atoms with Gasteiger partial charge < -0.3 is 15.3 Å². The number of hydrogen-bond acceptors (Lipinski definition) is 6. The van der Waals surface area contributed by atoms with Gasteiger partial charge in [-0.3, -0.25) is 0 Å². The van der Waals surface area contributed by atoms with Crippen molar-refractivity contribution in [3.8, 4) is 22.7 Å². The number of piperazine rings is 1. The number of rotatable bonds is 4. The van der Waals surface area contributed by atoms with Gasteiger partial charge in [0.2, 0.25) is 0 Å². The molecular formula is C29H29F2N5O2. The molecule has 38 heavy (non-hydrogen) atoms. The van der Waals surface area contributed by atoms with Crippen LogP contribution < -0.4 is 15.9 Å². The SMILES string of the molecule is Cc1cccc(C(C)C)c1-n1c(=O)nc(N2CC3CCC(C2)N3)c2cc(F)c(-c3c(O)cccc3F)nc21. The molecule has 2 aromatic heterocycles. The number of aromatic hydroxyl groups is 1. The lowest BCUT2D eigenvalue weighted by molar-refractivity contribution is 0.463. The third kappa shape index (κ3) is 3.93. The van der Waals surface area contributed by atoms with Gasteiger partial charge >= 0.3 is 5.69 Å². The van der Waals surface area contributed by atoms with E-state index in [1.807, 2.05) is 43.9 Å². The zero-order chi connectivity index (χ0) is 26.7. The molecule has 2 saturated heterocycles. The summed E-state index contributed by atoms with van der Waals surface area (Å²) in [5, 5.41) is 14.3. The molecule has 0 spiro atoms. The number of halogens is 2. The topological polar surface area (TPSA) is 83.3 Å². The number of anilines is 1. The second-order valence-electron chi connectivity index (χ2n) is 10.6. The van der Waals surface area contributed by atoms with Crippen LogP contribution in [0, 0.1) is 18.6 Å². The van der Waals surface area contributed by atoms with Crippen LogP contribution in [-0.4, -0.2) is 44.8 Å². The fraction of sp³-hybridized carbons (Fsp3) is 0.345. The smallest absolute Gasteiger partial charge is 0.355 e. The number of benzene rings is 2. The molecule has 196 valence electrons. The highest BCUT2D eigenvalue weighted by Gasteiger charge is 2.34. The predicted octanol–water partition coefficient (Wildman–Crippen LogP) is 4.80. The molecule has 2 atom stereocenters. The molecule has 7 nitrogen and oxygen atoms in total. The number of pyridine rings is 1. The highest BCUT2D eigenvalue weighted by Crippen LogP contribution is 2.37. The molecule has 2 aliphatic rings. The maximum absolute atomic E-state index is 15.7. The van der Waals surface area contributed by atoms with E-state index in [-0.39, 0.29) is 34.9 Å². The maximum Gasteiger partial charge on any atom is 0.355 e. The van der Waals surface area contributed by atoms with Crippen molar-refractivity contribution in [2.75, 3.05) is 18.0 Å². The van der Waals surface area contributed by atoms with Crippen LogP contribution in [0.2, 0.25) is 0 Å². The van der Waals surface area contributed by atoms with Crippen LogP contribution in [0.25, 0.3) is 28.0 Å². The summed E-state index contributed by atoms with van der Waals surface area (Å²) in [6, 6.07) is 11.3. The summed E-state index contributed by atoms with van der Waals surface area (Å²) in [5.74, 6) is -1.60.